The lowest BCUT2D eigenvalue weighted by molar-refractivity contribution is 0.101. The Bertz CT molecular complexity index is 308. The quantitative estimate of drug-likeness (QED) is 0.376. The summed E-state index contributed by atoms with van der Waals surface area (Å²) in [5.74, 6) is 0.00444. The highest BCUT2D eigenvalue weighted by atomic mass is 16.3. The van der Waals surface area contributed by atoms with E-state index < -0.39 is 0 Å². The topological polar surface area (TPSA) is 63.3 Å². The van der Waals surface area contributed by atoms with Gasteiger partial charge in [0.15, 0.2) is 5.78 Å². The van der Waals surface area contributed by atoms with Crippen LogP contribution in [0.1, 0.15) is 22.8 Å². The molecule has 64 valence electrons. The van der Waals surface area contributed by atoms with Crippen molar-refractivity contribution in [3.63, 3.8) is 0 Å². The fourth-order valence-corrected chi connectivity index (χ4v) is 1.01. The van der Waals surface area contributed by atoms with Crippen molar-refractivity contribution in [3.8, 4) is 5.75 Å². The van der Waals surface area contributed by atoms with E-state index >= 15 is 0 Å². The SMILES string of the molecule is CC(=O)c1cc(C)c(O)c(N)c1. The molecule has 3 N–H and O–H groups in total. The molecule has 0 bridgehead atoms. The fraction of sp³-hybridized carbons (Fsp3) is 0.222. The highest BCUT2D eigenvalue weighted by molar-refractivity contribution is 5.95. The molecule has 1 aromatic carbocycles. The molecule has 0 aliphatic carbocycles. The number of benzene rings is 1. The first kappa shape index (κ1) is 8.59. The molecule has 0 amide bonds. The standard InChI is InChI=1S/C9H11NO2/c1-5-3-7(6(2)11)4-8(10)9(5)12/h3-4,12H,10H2,1-2H3. The predicted octanol–water partition coefficient (Wildman–Crippen LogP) is 1.49. The summed E-state index contributed by atoms with van der Waals surface area (Å²) in [6.07, 6.45) is 0. The Labute approximate surface area is 70.8 Å². The number of rotatable bonds is 1. The van der Waals surface area contributed by atoms with Gasteiger partial charge in [0.25, 0.3) is 0 Å². The summed E-state index contributed by atoms with van der Waals surface area (Å²) in [5.41, 5.74) is 6.86. The molecule has 0 spiro atoms. The summed E-state index contributed by atoms with van der Waals surface area (Å²) >= 11 is 0. The van der Waals surface area contributed by atoms with Crippen LogP contribution in [0.2, 0.25) is 0 Å². The van der Waals surface area contributed by atoms with Gasteiger partial charge in [-0.25, -0.2) is 0 Å². The number of carbonyl (C=O) groups is 1. The van der Waals surface area contributed by atoms with Crippen molar-refractivity contribution in [2.45, 2.75) is 13.8 Å². The number of ketones is 1. The number of nitrogens with two attached hydrogens (primary N) is 1. The molecule has 12 heavy (non-hydrogen) atoms. The van der Waals surface area contributed by atoms with E-state index in [1.54, 1.807) is 13.0 Å². The van der Waals surface area contributed by atoms with Gasteiger partial charge in [-0.05, 0) is 31.5 Å². The monoisotopic (exact) mass is 165 g/mol. The van der Waals surface area contributed by atoms with Crippen LogP contribution in [0, 0.1) is 6.92 Å². The van der Waals surface area contributed by atoms with Crippen molar-refractivity contribution in [1.29, 1.82) is 0 Å². The second-order valence-electron chi connectivity index (χ2n) is 2.79. The first-order valence-corrected chi connectivity index (χ1v) is 3.62. The molecule has 0 fully saturated rings. The summed E-state index contributed by atoms with van der Waals surface area (Å²) in [6.45, 7) is 3.17. The van der Waals surface area contributed by atoms with Crippen molar-refractivity contribution in [2.24, 2.45) is 0 Å². The molecule has 0 heterocycles. The molecule has 3 nitrogen and oxygen atoms in total. The average Bonchev–Trinajstić information content (AvgIpc) is 1.99. The van der Waals surface area contributed by atoms with Crippen LogP contribution in [-0.2, 0) is 0 Å². The van der Waals surface area contributed by atoms with Gasteiger partial charge in [0, 0.05) is 5.56 Å². The van der Waals surface area contributed by atoms with Gasteiger partial charge in [0.2, 0.25) is 0 Å². The second kappa shape index (κ2) is 2.85. The molecule has 1 aromatic rings. The maximum atomic E-state index is 10.9. The number of aromatic hydroxyl groups is 1. The Morgan fingerprint density at radius 3 is 2.50 bits per heavy atom. The molecular weight excluding hydrogens is 154 g/mol. The minimum atomic E-state index is -0.0511. The maximum Gasteiger partial charge on any atom is 0.159 e. The largest absolute Gasteiger partial charge is 0.506 e. The minimum Gasteiger partial charge on any atom is -0.506 e. The van der Waals surface area contributed by atoms with Gasteiger partial charge in [-0.1, -0.05) is 0 Å². The van der Waals surface area contributed by atoms with Gasteiger partial charge in [0.1, 0.15) is 5.75 Å². The zero-order chi connectivity index (χ0) is 9.30. The number of hydrogen-bond donors (Lipinski definition) is 2. The highest BCUT2D eigenvalue weighted by Crippen LogP contribution is 2.25. The van der Waals surface area contributed by atoms with Crippen LogP contribution < -0.4 is 5.73 Å². The molecular formula is C9H11NO2. The van der Waals surface area contributed by atoms with E-state index in [2.05, 4.69) is 0 Å². The number of Topliss-reactive ketones (excluding diaryl/α,β-unsaturated/α-hetero) is 1. The summed E-state index contributed by atoms with van der Waals surface area (Å²) in [6, 6.07) is 3.10. The van der Waals surface area contributed by atoms with Gasteiger partial charge in [0.05, 0.1) is 5.69 Å². The van der Waals surface area contributed by atoms with Crippen LogP contribution in [0.5, 0.6) is 5.75 Å². The molecule has 0 aromatic heterocycles. The van der Waals surface area contributed by atoms with E-state index in [9.17, 15) is 9.90 Å². The first-order valence-electron chi connectivity index (χ1n) is 3.62. The summed E-state index contributed by atoms with van der Waals surface area (Å²) in [4.78, 5) is 10.9. The van der Waals surface area contributed by atoms with Gasteiger partial charge in [-0.3, -0.25) is 4.79 Å². The van der Waals surface area contributed by atoms with E-state index in [-0.39, 0.29) is 17.2 Å². The van der Waals surface area contributed by atoms with Crippen molar-refractivity contribution in [1.82, 2.24) is 0 Å². The van der Waals surface area contributed by atoms with E-state index in [0.29, 0.717) is 11.1 Å². The van der Waals surface area contributed by atoms with E-state index in [1.165, 1.54) is 13.0 Å². The Hall–Kier alpha value is -1.51. The van der Waals surface area contributed by atoms with E-state index in [4.69, 9.17) is 5.73 Å². The predicted molar refractivity (Wildman–Crippen MR) is 47.3 cm³/mol. The average molecular weight is 165 g/mol. The van der Waals surface area contributed by atoms with Gasteiger partial charge in [-0.15, -0.1) is 0 Å². The van der Waals surface area contributed by atoms with Crippen molar-refractivity contribution in [3.05, 3.63) is 23.3 Å². The molecule has 0 aliphatic rings. The lowest BCUT2D eigenvalue weighted by Gasteiger charge is -2.04. The van der Waals surface area contributed by atoms with Crippen LogP contribution in [0.25, 0.3) is 0 Å². The van der Waals surface area contributed by atoms with Crippen LogP contribution >= 0.6 is 0 Å². The molecule has 0 unspecified atom stereocenters. The highest BCUT2D eigenvalue weighted by Gasteiger charge is 2.06. The van der Waals surface area contributed by atoms with Gasteiger partial charge < -0.3 is 10.8 Å². The smallest absolute Gasteiger partial charge is 0.159 e. The molecule has 0 atom stereocenters. The number of hydrogen-bond acceptors (Lipinski definition) is 3. The lowest BCUT2D eigenvalue weighted by atomic mass is 10.1. The lowest BCUT2D eigenvalue weighted by Crippen LogP contribution is -1.96. The van der Waals surface area contributed by atoms with Gasteiger partial charge in [-0.2, -0.15) is 0 Å². The number of aryl methyl sites for hydroxylation is 1. The zero-order valence-electron chi connectivity index (χ0n) is 7.09. The fourth-order valence-electron chi connectivity index (χ4n) is 1.01. The van der Waals surface area contributed by atoms with E-state index in [0.717, 1.165) is 0 Å². The zero-order valence-corrected chi connectivity index (χ0v) is 7.09. The van der Waals surface area contributed by atoms with Crippen LogP contribution in [0.4, 0.5) is 5.69 Å². The van der Waals surface area contributed by atoms with Crippen molar-refractivity contribution >= 4 is 11.5 Å². The second-order valence-corrected chi connectivity index (χ2v) is 2.79. The summed E-state index contributed by atoms with van der Waals surface area (Å²) in [5, 5.41) is 9.28. The summed E-state index contributed by atoms with van der Waals surface area (Å²) in [7, 11) is 0. The Balaban J connectivity index is 3.31. The van der Waals surface area contributed by atoms with Crippen molar-refractivity contribution in [2.75, 3.05) is 5.73 Å². The third-order valence-electron chi connectivity index (χ3n) is 1.74. The third kappa shape index (κ3) is 1.39. The van der Waals surface area contributed by atoms with Crippen LogP contribution in [-0.4, -0.2) is 10.9 Å². The Morgan fingerprint density at radius 2 is 2.08 bits per heavy atom. The van der Waals surface area contributed by atoms with Crippen LogP contribution in [0.3, 0.4) is 0 Å². The third-order valence-corrected chi connectivity index (χ3v) is 1.74. The van der Waals surface area contributed by atoms with Crippen molar-refractivity contribution < 1.29 is 9.90 Å². The van der Waals surface area contributed by atoms with Crippen LogP contribution in [0.15, 0.2) is 12.1 Å². The number of anilines is 1. The van der Waals surface area contributed by atoms with Gasteiger partial charge >= 0.3 is 0 Å². The minimum absolute atomic E-state index is 0.0511. The number of nitrogen functional groups attached to an aromatic ring is 1. The number of phenols is 1. The Morgan fingerprint density at radius 1 is 1.50 bits per heavy atom. The van der Waals surface area contributed by atoms with E-state index in [1.807, 2.05) is 0 Å². The summed E-state index contributed by atoms with van der Waals surface area (Å²) < 4.78 is 0. The number of phenolic OH excluding ortho intramolecular Hbond substituents is 1. The molecule has 0 saturated carbocycles. The maximum absolute atomic E-state index is 10.9. The molecule has 3 heteroatoms. The molecule has 1 rings (SSSR count). The number of carbonyl (C=O) groups excluding carboxylic acids is 1. The first-order chi connectivity index (χ1) is 5.52. The Kier molecular flexibility index (Phi) is 2.04. The molecule has 0 radical (unpaired) electrons. The normalized spacial score (nSPS) is 9.83. The molecule has 0 saturated heterocycles. The molecule has 0 aliphatic heterocycles.